The highest BCUT2D eigenvalue weighted by Gasteiger charge is 2.28. The summed E-state index contributed by atoms with van der Waals surface area (Å²) in [6.07, 6.45) is 5.88. The van der Waals surface area contributed by atoms with E-state index in [0.29, 0.717) is 0 Å². The van der Waals surface area contributed by atoms with Crippen molar-refractivity contribution in [1.82, 2.24) is 9.88 Å². The van der Waals surface area contributed by atoms with E-state index in [1.165, 1.54) is 32.4 Å². The zero-order valence-electron chi connectivity index (χ0n) is 9.98. The van der Waals surface area contributed by atoms with Gasteiger partial charge in [0.15, 0.2) is 0 Å². The van der Waals surface area contributed by atoms with E-state index < -0.39 is 0 Å². The van der Waals surface area contributed by atoms with Crippen molar-refractivity contribution < 1.29 is 0 Å². The van der Waals surface area contributed by atoms with Crippen LogP contribution in [-0.2, 0) is 0 Å². The molecule has 0 spiro atoms. The molecule has 1 atom stereocenters. The van der Waals surface area contributed by atoms with Gasteiger partial charge in [0, 0.05) is 36.3 Å². The maximum Gasteiger partial charge on any atom is 0.128 e. The van der Waals surface area contributed by atoms with Crippen molar-refractivity contribution in [2.45, 2.75) is 25.3 Å². The minimum absolute atomic E-state index is 0.753. The van der Waals surface area contributed by atoms with Crippen LogP contribution in [0.2, 0.25) is 0 Å². The van der Waals surface area contributed by atoms with Crippen LogP contribution in [0, 0.1) is 0 Å². The summed E-state index contributed by atoms with van der Waals surface area (Å²) in [7, 11) is 0. The molecule has 1 aromatic heterocycles. The predicted molar refractivity (Wildman–Crippen MR) is 73.4 cm³/mol. The van der Waals surface area contributed by atoms with Gasteiger partial charge in [0.1, 0.15) is 5.82 Å². The molecule has 0 radical (unpaired) electrons. The number of pyridine rings is 1. The first-order valence-corrected chi connectivity index (χ1v) is 7.23. The predicted octanol–water partition coefficient (Wildman–Crippen LogP) is 2.52. The summed E-state index contributed by atoms with van der Waals surface area (Å²) < 4.78 is 1.05. The Hall–Kier alpha value is -0.610. The van der Waals surface area contributed by atoms with Crippen LogP contribution < -0.4 is 4.90 Å². The second-order valence-corrected chi connectivity index (χ2v) is 5.88. The molecule has 0 aromatic carbocycles. The van der Waals surface area contributed by atoms with E-state index in [1.54, 1.807) is 0 Å². The van der Waals surface area contributed by atoms with Crippen LogP contribution in [0.25, 0.3) is 0 Å². The lowest BCUT2D eigenvalue weighted by molar-refractivity contribution is 0.273. The van der Waals surface area contributed by atoms with E-state index in [0.717, 1.165) is 29.4 Å². The first-order chi connectivity index (χ1) is 8.33. The summed E-state index contributed by atoms with van der Waals surface area (Å²) >= 11 is 3.44. The molecule has 0 bridgehead atoms. The Labute approximate surface area is 111 Å². The summed E-state index contributed by atoms with van der Waals surface area (Å²) in [5.74, 6) is 1.13. The van der Waals surface area contributed by atoms with Gasteiger partial charge >= 0.3 is 0 Å². The first-order valence-electron chi connectivity index (χ1n) is 6.43. The first kappa shape index (κ1) is 11.5. The summed E-state index contributed by atoms with van der Waals surface area (Å²) in [6.45, 7) is 4.85. The molecule has 2 aliphatic rings. The standard InChI is InChI=1S/C13H18BrN3/c14-11-4-5-13(15-9-11)17-8-2-7-16-6-1-3-12(16)10-17/h4-5,9,12H,1-3,6-8,10H2. The van der Waals surface area contributed by atoms with Gasteiger partial charge in [-0.05, 0) is 53.9 Å². The fourth-order valence-corrected chi connectivity index (χ4v) is 3.20. The minimum Gasteiger partial charge on any atom is -0.355 e. The second kappa shape index (κ2) is 4.94. The fraction of sp³-hybridized carbons (Fsp3) is 0.615. The third-order valence-electron chi connectivity index (χ3n) is 3.84. The molecule has 3 rings (SSSR count). The number of anilines is 1. The van der Waals surface area contributed by atoms with E-state index in [4.69, 9.17) is 0 Å². The summed E-state index contributed by atoms with van der Waals surface area (Å²) in [5.41, 5.74) is 0. The van der Waals surface area contributed by atoms with Crippen molar-refractivity contribution in [3.8, 4) is 0 Å². The topological polar surface area (TPSA) is 19.4 Å². The molecule has 2 saturated heterocycles. The molecule has 2 fully saturated rings. The van der Waals surface area contributed by atoms with Crippen molar-refractivity contribution in [3.05, 3.63) is 22.8 Å². The molecule has 92 valence electrons. The lowest BCUT2D eigenvalue weighted by Crippen LogP contribution is -2.36. The number of fused-ring (bicyclic) bond motifs is 1. The van der Waals surface area contributed by atoms with Crippen LogP contribution in [-0.4, -0.2) is 42.1 Å². The molecular weight excluding hydrogens is 278 g/mol. The van der Waals surface area contributed by atoms with E-state index in [2.05, 4.69) is 42.8 Å². The van der Waals surface area contributed by atoms with E-state index >= 15 is 0 Å². The van der Waals surface area contributed by atoms with Crippen molar-refractivity contribution >= 4 is 21.7 Å². The molecule has 1 aromatic rings. The molecule has 0 saturated carbocycles. The molecule has 4 heteroatoms. The Morgan fingerprint density at radius 2 is 2.06 bits per heavy atom. The molecule has 0 amide bonds. The maximum atomic E-state index is 4.52. The maximum absolute atomic E-state index is 4.52. The van der Waals surface area contributed by atoms with Gasteiger partial charge in [0.05, 0.1) is 0 Å². The zero-order valence-corrected chi connectivity index (χ0v) is 11.6. The highest BCUT2D eigenvalue weighted by molar-refractivity contribution is 9.10. The zero-order chi connectivity index (χ0) is 11.7. The number of halogens is 1. The van der Waals surface area contributed by atoms with Gasteiger partial charge < -0.3 is 4.90 Å². The number of nitrogens with zero attached hydrogens (tertiary/aromatic N) is 3. The lowest BCUT2D eigenvalue weighted by atomic mass is 10.2. The number of hydrogen-bond donors (Lipinski definition) is 0. The summed E-state index contributed by atoms with van der Waals surface area (Å²) in [6, 6.07) is 4.96. The Bertz CT molecular complexity index is 379. The quantitative estimate of drug-likeness (QED) is 0.794. The van der Waals surface area contributed by atoms with Crippen molar-refractivity contribution in [1.29, 1.82) is 0 Å². The molecule has 3 nitrogen and oxygen atoms in total. The number of rotatable bonds is 1. The molecule has 2 aliphatic heterocycles. The van der Waals surface area contributed by atoms with Gasteiger partial charge in [0.25, 0.3) is 0 Å². The van der Waals surface area contributed by atoms with Crippen LogP contribution in [0.3, 0.4) is 0 Å². The Balaban J connectivity index is 1.76. The lowest BCUT2D eigenvalue weighted by Gasteiger charge is -2.26. The van der Waals surface area contributed by atoms with Crippen LogP contribution in [0.1, 0.15) is 19.3 Å². The highest BCUT2D eigenvalue weighted by Crippen LogP contribution is 2.24. The van der Waals surface area contributed by atoms with Gasteiger partial charge in [-0.1, -0.05) is 0 Å². The van der Waals surface area contributed by atoms with E-state index in [9.17, 15) is 0 Å². The fourth-order valence-electron chi connectivity index (χ4n) is 2.97. The molecular formula is C13H18BrN3. The highest BCUT2D eigenvalue weighted by atomic mass is 79.9. The Morgan fingerprint density at radius 3 is 2.88 bits per heavy atom. The summed E-state index contributed by atoms with van der Waals surface area (Å²) in [5, 5.41) is 0. The number of hydrogen-bond acceptors (Lipinski definition) is 3. The van der Waals surface area contributed by atoms with Gasteiger partial charge in [-0.2, -0.15) is 0 Å². The summed E-state index contributed by atoms with van der Waals surface area (Å²) in [4.78, 5) is 9.62. The monoisotopic (exact) mass is 295 g/mol. The smallest absolute Gasteiger partial charge is 0.128 e. The molecule has 17 heavy (non-hydrogen) atoms. The third-order valence-corrected chi connectivity index (χ3v) is 4.31. The average Bonchev–Trinajstić information content (AvgIpc) is 2.68. The normalized spacial score (nSPS) is 25.7. The van der Waals surface area contributed by atoms with Crippen LogP contribution in [0.5, 0.6) is 0 Å². The Morgan fingerprint density at radius 1 is 1.18 bits per heavy atom. The van der Waals surface area contributed by atoms with Crippen LogP contribution in [0.4, 0.5) is 5.82 Å². The average molecular weight is 296 g/mol. The van der Waals surface area contributed by atoms with Crippen molar-refractivity contribution in [2.75, 3.05) is 31.1 Å². The van der Waals surface area contributed by atoms with E-state index in [-0.39, 0.29) is 0 Å². The molecule has 0 aliphatic carbocycles. The minimum atomic E-state index is 0.753. The van der Waals surface area contributed by atoms with E-state index in [1.807, 2.05) is 6.20 Å². The molecule has 1 unspecified atom stereocenters. The van der Waals surface area contributed by atoms with Crippen LogP contribution >= 0.6 is 15.9 Å². The van der Waals surface area contributed by atoms with Gasteiger partial charge in [-0.15, -0.1) is 0 Å². The van der Waals surface area contributed by atoms with Gasteiger partial charge in [-0.25, -0.2) is 4.98 Å². The SMILES string of the molecule is Brc1ccc(N2CCCN3CCCC3C2)nc1. The van der Waals surface area contributed by atoms with Crippen molar-refractivity contribution in [2.24, 2.45) is 0 Å². The second-order valence-electron chi connectivity index (χ2n) is 4.97. The molecule has 0 N–H and O–H groups in total. The third kappa shape index (κ3) is 2.47. The molecule has 3 heterocycles. The van der Waals surface area contributed by atoms with Crippen molar-refractivity contribution in [3.63, 3.8) is 0 Å². The van der Waals surface area contributed by atoms with Gasteiger partial charge in [-0.3, -0.25) is 4.90 Å². The largest absolute Gasteiger partial charge is 0.355 e. The van der Waals surface area contributed by atoms with Gasteiger partial charge in [0.2, 0.25) is 0 Å². The van der Waals surface area contributed by atoms with Crippen LogP contribution in [0.15, 0.2) is 22.8 Å². The number of aromatic nitrogens is 1. The Kier molecular flexibility index (Phi) is 3.34.